The van der Waals surface area contributed by atoms with Crippen LogP contribution in [0.15, 0.2) is 64.9 Å². The monoisotopic (exact) mass is 338 g/mol. The Hall–Kier alpha value is -2.60. The summed E-state index contributed by atoms with van der Waals surface area (Å²) in [5, 5.41) is 4.71. The molecule has 0 saturated heterocycles. The summed E-state index contributed by atoms with van der Waals surface area (Å²) in [5.41, 5.74) is 5.67. The van der Waals surface area contributed by atoms with Crippen LogP contribution in [0.25, 0.3) is 11.0 Å². The number of carbonyl (C=O) groups is 1. The Morgan fingerprint density at radius 3 is 2.79 bits per heavy atom. The predicted molar refractivity (Wildman–Crippen MR) is 98.2 cm³/mol. The van der Waals surface area contributed by atoms with E-state index in [9.17, 15) is 4.79 Å². The van der Waals surface area contributed by atoms with Gasteiger partial charge in [0, 0.05) is 6.21 Å². The van der Waals surface area contributed by atoms with E-state index in [1.165, 1.54) is 17.3 Å². The number of nitrogens with one attached hydrogen (secondary N) is 2. The molecule has 1 heterocycles. The Morgan fingerprint density at radius 1 is 1.17 bits per heavy atom. The summed E-state index contributed by atoms with van der Waals surface area (Å²) < 4.78 is 0. The lowest BCUT2D eigenvalue weighted by molar-refractivity contribution is -0.118. The average molecular weight is 338 g/mol. The number of H-pyrrole nitrogens is 1. The van der Waals surface area contributed by atoms with Crippen molar-refractivity contribution in [3.63, 3.8) is 0 Å². The molecule has 0 spiro atoms. The molecule has 6 heteroatoms. The van der Waals surface area contributed by atoms with Crippen LogP contribution < -0.4 is 5.43 Å². The van der Waals surface area contributed by atoms with Crippen LogP contribution in [0.3, 0.4) is 0 Å². The van der Waals surface area contributed by atoms with Crippen LogP contribution in [0.2, 0.25) is 0 Å². The Balaban J connectivity index is 1.38. The maximum atomic E-state index is 11.8. The fourth-order valence-electron chi connectivity index (χ4n) is 2.22. The van der Waals surface area contributed by atoms with Gasteiger partial charge in [-0.05, 0) is 30.5 Å². The van der Waals surface area contributed by atoms with Crippen LogP contribution in [0.1, 0.15) is 12.0 Å². The third-order valence-corrected chi connectivity index (χ3v) is 4.27. The standard InChI is InChI=1S/C18H18N4OS/c23-17(22-19-12-6-9-14-7-2-1-3-8-14)13-24-18-20-15-10-4-5-11-16(15)21-18/h1-5,7-8,10-12H,6,9,13H2,(H,20,21)(H,22,23)/b19-12+. The Kier molecular flexibility index (Phi) is 5.63. The van der Waals surface area contributed by atoms with Crippen molar-refractivity contribution in [2.45, 2.75) is 18.0 Å². The van der Waals surface area contributed by atoms with Crippen molar-refractivity contribution in [2.24, 2.45) is 5.10 Å². The van der Waals surface area contributed by atoms with Gasteiger partial charge >= 0.3 is 0 Å². The van der Waals surface area contributed by atoms with Gasteiger partial charge in [-0.1, -0.05) is 54.2 Å². The number of aromatic amines is 1. The molecule has 1 aromatic heterocycles. The fraction of sp³-hybridized carbons (Fsp3) is 0.167. The first-order valence-corrected chi connectivity index (χ1v) is 8.71. The number of hydrogen-bond acceptors (Lipinski definition) is 4. The lowest BCUT2D eigenvalue weighted by atomic mass is 10.1. The number of rotatable bonds is 7. The second kappa shape index (κ2) is 8.31. The summed E-state index contributed by atoms with van der Waals surface area (Å²) in [5.74, 6) is 0.131. The Labute approximate surface area is 144 Å². The molecular weight excluding hydrogens is 320 g/mol. The third kappa shape index (κ3) is 4.70. The number of hydrogen-bond donors (Lipinski definition) is 2. The number of benzene rings is 2. The maximum Gasteiger partial charge on any atom is 0.250 e. The smallest absolute Gasteiger partial charge is 0.250 e. The first-order valence-electron chi connectivity index (χ1n) is 7.73. The second-order valence-electron chi connectivity index (χ2n) is 5.22. The predicted octanol–water partition coefficient (Wildman–Crippen LogP) is 3.39. The van der Waals surface area contributed by atoms with Gasteiger partial charge in [-0.25, -0.2) is 10.4 Å². The summed E-state index contributed by atoms with van der Waals surface area (Å²) in [6, 6.07) is 18.0. The molecule has 0 radical (unpaired) electrons. The topological polar surface area (TPSA) is 70.1 Å². The molecule has 2 N–H and O–H groups in total. The summed E-state index contributed by atoms with van der Waals surface area (Å²) in [6.07, 6.45) is 3.44. The van der Waals surface area contributed by atoms with Crippen LogP contribution in [-0.4, -0.2) is 27.8 Å². The van der Waals surface area contributed by atoms with Crippen LogP contribution in [0.5, 0.6) is 0 Å². The number of fused-ring (bicyclic) bond motifs is 1. The van der Waals surface area contributed by atoms with Crippen LogP contribution in [0, 0.1) is 0 Å². The van der Waals surface area contributed by atoms with E-state index in [1.54, 1.807) is 6.21 Å². The molecule has 0 unspecified atom stereocenters. The molecule has 0 aliphatic rings. The molecule has 5 nitrogen and oxygen atoms in total. The molecule has 1 amide bonds. The zero-order valence-electron chi connectivity index (χ0n) is 13.1. The highest BCUT2D eigenvalue weighted by Gasteiger charge is 2.05. The lowest BCUT2D eigenvalue weighted by Gasteiger charge is -1.98. The van der Waals surface area contributed by atoms with Gasteiger partial charge in [-0.2, -0.15) is 5.10 Å². The molecule has 122 valence electrons. The van der Waals surface area contributed by atoms with Crippen LogP contribution in [0.4, 0.5) is 0 Å². The van der Waals surface area contributed by atoms with E-state index in [4.69, 9.17) is 0 Å². The molecular formula is C18H18N4OS. The summed E-state index contributed by atoms with van der Waals surface area (Å²) >= 11 is 1.36. The van der Waals surface area contributed by atoms with Gasteiger partial charge < -0.3 is 4.98 Å². The number of aromatic nitrogens is 2. The molecule has 0 aliphatic carbocycles. The molecule has 2 aromatic carbocycles. The van der Waals surface area contributed by atoms with Gasteiger partial charge in [0.1, 0.15) is 0 Å². The number of thioether (sulfide) groups is 1. The van der Waals surface area contributed by atoms with Crippen molar-refractivity contribution < 1.29 is 4.79 Å². The molecule has 0 aliphatic heterocycles. The Morgan fingerprint density at radius 2 is 1.96 bits per heavy atom. The number of imidazole rings is 1. The van der Waals surface area contributed by atoms with Gasteiger partial charge in [0.15, 0.2) is 5.16 Å². The van der Waals surface area contributed by atoms with Crippen molar-refractivity contribution in [1.29, 1.82) is 0 Å². The van der Waals surface area contributed by atoms with Gasteiger partial charge in [0.25, 0.3) is 5.91 Å². The fourth-order valence-corrected chi connectivity index (χ4v) is 2.90. The van der Waals surface area contributed by atoms with Gasteiger partial charge in [-0.15, -0.1) is 0 Å². The highest BCUT2D eigenvalue weighted by molar-refractivity contribution is 7.99. The van der Waals surface area contributed by atoms with E-state index in [0.29, 0.717) is 0 Å². The highest BCUT2D eigenvalue weighted by Crippen LogP contribution is 2.18. The number of amides is 1. The van der Waals surface area contributed by atoms with Crippen LogP contribution >= 0.6 is 11.8 Å². The quantitative estimate of drug-likeness (QED) is 0.394. The minimum atomic E-state index is -0.142. The normalized spacial score (nSPS) is 11.2. The van der Waals surface area contributed by atoms with Crippen molar-refractivity contribution >= 4 is 34.9 Å². The number of carbonyl (C=O) groups excluding carboxylic acids is 1. The lowest BCUT2D eigenvalue weighted by Crippen LogP contribution is -2.19. The molecule has 3 aromatic rings. The number of nitrogens with zero attached hydrogens (tertiary/aromatic N) is 2. The zero-order valence-corrected chi connectivity index (χ0v) is 13.9. The molecule has 0 saturated carbocycles. The summed E-state index contributed by atoms with van der Waals surface area (Å²) in [6.45, 7) is 0. The van der Waals surface area contributed by atoms with E-state index < -0.39 is 0 Å². The molecule has 3 rings (SSSR count). The van der Waals surface area contributed by atoms with Gasteiger partial charge in [0.05, 0.1) is 16.8 Å². The van der Waals surface area contributed by atoms with E-state index >= 15 is 0 Å². The SMILES string of the molecule is O=C(CSc1nc2ccccc2[nH]1)N/N=C/CCc1ccccc1. The van der Waals surface area contributed by atoms with Gasteiger partial charge in [0.2, 0.25) is 0 Å². The summed E-state index contributed by atoms with van der Waals surface area (Å²) in [7, 11) is 0. The highest BCUT2D eigenvalue weighted by atomic mass is 32.2. The largest absolute Gasteiger partial charge is 0.333 e. The average Bonchev–Trinajstić information content (AvgIpc) is 3.03. The number of aryl methyl sites for hydroxylation is 1. The van der Waals surface area contributed by atoms with Crippen LogP contribution in [-0.2, 0) is 11.2 Å². The first kappa shape index (κ1) is 16.3. The molecule has 0 atom stereocenters. The Bertz CT molecular complexity index is 796. The minimum Gasteiger partial charge on any atom is -0.333 e. The number of hydrazone groups is 1. The van der Waals surface area contributed by atoms with Crippen molar-refractivity contribution in [2.75, 3.05) is 5.75 Å². The van der Waals surface area contributed by atoms with Gasteiger partial charge in [-0.3, -0.25) is 4.79 Å². The minimum absolute atomic E-state index is 0.142. The molecule has 24 heavy (non-hydrogen) atoms. The number of para-hydroxylation sites is 2. The first-order chi connectivity index (χ1) is 11.8. The zero-order chi connectivity index (χ0) is 16.6. The molecule has 0 bridgehead atoms. The molecule has 0 fully saturated rings. The third-order valence-electron chi connectivity index (χ3n) is 3.39. The second-order valence-corrected chi connectivity index (χ2v) is 6.18. The van der Waals surface area contributed by atoms with Crippen molar-refractivity contribution in [1.82, 2.24) is 15.4 Å². The maximum absolute atomic E-state index is 11.8. The van der Waals surface area contributed by atoms with E-state index in [1.807, 2.05) is 42.5 Å². The van der Waals surface area contributed by atoms with E-state index in [-0.39, 0.29) is 11.7 Å². The van der Waals surface area contributed by atoms with Crippen molar-refractivity contribution in [3.8, 4) is 0 Å². The van der Waals surface area contributed by atoms with E-state index in [2.05, 4.69) is 32.6 Å². The van der Waals surface area contributed by atoms with E-state index in [0.717, 1.165) is 29.0 Å². The summed E-state index contributed by atoms with van der Waals surface area (Å²) in [4.78, 5) is 19.4. The van der Waals surface area contributed by atoms with Crippen molar-refractivity contribution in [3.05, 3.63) is 60.2 Å².